The predicted molar refractivity (Wildman–Crippen MR) is 69.1 cm³/mol. The first-order chi connectivity index (χ1) is 8.47. The maximum Gasteiger partial charge on any atom is 0.272 e. The summed E-state index contributed by atoms with van der Waals surface area (Å²) in [6, 6.07) is 6.05. The number of benzene rings is 1. The number of hydrogen-bond acceptors (Lipinski definition) is 4. The van der Waals surface area contributed by atoms with E-state index in [9.17, 15) is 14.9 Å². The average molecular weight is 263 g/mol. The van der Waals surface area contributed by atoms with E-state index in [-0.39, 0.29) is 16.0 Å². The minimum atomic E-state index is -0.458. The lowest BCUT2D eigenvalue weighted by Gasteiger charge is -2.03. The number of aryl methyl sites for hydroxylation is 1. The van der Waals surface area contributed by atoms with Gasteiger partial charge in [0.2, 0.25) is 0 Å². The van der Waals surface area contributed by atoms with Crippen molar-refractivity contribution in [2.45, 2.75) is 6.92 Å². The number of aromatic amines is 2. The van der Waals surface area contributed by atoms with Crippen LogP contribution in [0.5, 0.6) is 0 Å². The molecule has 0 saturated carbocycles. The molecule has 0 saturated heterocycles. The lowest BCUT2D eigenvalue weighted by atomic mass is 10.1. The Morgan fingerprint density at radius 1 is 1.28 bits per heavy atom. The molecule has 92 valence electrons. The molecule has 0 aliphatic heterocycles. The summed E-state index contributed by atoms with van der Waals surface area (Å²) >= 11 is 4.85. The number of nitro groups is 1. The zero-order valence-electron chi connectivity index (χ0n) is 9.39. The van der Waals surface area contributed by atoms with Gasteiger partial charge in [0.1, 0.15) is 0 Å². The van der Waals surface area contributed by atoms with Crippen LogP contribution in [0.4, 0.5) is 5.69 Å². The summed E-state index contributed by atoms with van der Waals surface area (Å²) in [5.41, 5.74) is 1.22. The van der Waals surface area contributed by atoms with Crippen LogP contribution in [0.25, 0.3) is 11.3 Å². The minimum absolute atomic E-state index is 0.00657. The van der Waals surface area contributed by atoms with Gasteiger partial charge in [-0.1, -0.05) is 12.1 Å². The fourth-order valence-electron chi connectivity index (χ4n) is 1.60. The number of hydrogen-bond donors (Lipinski definition) is 2. The molecule has 0 fully saturated rings. The van der Waals surface area contributed by atoms with Crippen molar-refractivity contribution in [2.24, 2.45) is 0 Å². The molecule has 1 heterocycles. The first kappa shape index (κ1) is 12.2. The summed E-state index contributed by atoms with van der Waals surface area (Å²) in [7, 11) is 0. The molecule has 2 aromatic rings. The molecule has 1 aromatic heterocycles. The van der Waals surface area contributed by atoms with E-state index in [0.29, 0.717) is 16.8 Å². The van der Waals surface area contributed by atoms with Gasteiger partial charge < -0.3 is 4.98 Å². The smallest absolute Gasteiger partial charge is 0.272 e. The fraction of sp³-hybridized carbons (Fsp3) is 0.0909. The summed E-state index contributed by atoms with van der Waals surface area (Å²) in [6.07, 6.45) is 0. The van der Waals surface area contributed by atoms with Gasteiger partial charge in [0.05, 0.1) is 10.6 Å². The molecule has 0 aliphatic rings. The molecule has 0 unspecified atom stereocenters. The van der Waals surface area contributed by atoms with Crippen molar-refractivity contribution in [1.29, 1.82) is 0 Å². The van der Waals surface area contributed by atoms with E-state index in [1.807, 2.05) is 0 Å². The van der Waals surface area contributed by atoms with Crippen molar-refractivity contribution < 1.29 is 4.92 Å². The second-order valence-electron chi connectivity index (χ2n) is 3.76. The van der Waals surface area contributed by atoms with E-state index in [2.05, 4.69) is 9.97 Å². The number of H-pyrrole nitrogens is 2. The monoisotopic (exact) mass is 263 g/mol. The molecule has 0 bridgehead atoms. The van der Waals surface area contributed by atoms with Crippen molar-refractivity contribution in [3.05, 3.63) is 55.1 Å². The van der Waals surface area contributed by atoms with Crippen LogP contribution in [0.1, 0.15) is 5.56 Å². The van der Waals surface area contributed by atoms with Crippen LogP contribution in [0.3, 0.4) is 0 Å². The van der Waals surface area contributed by atoms with Crippen LogP contribution < -0.4 is 5.56 Å². The van der Waals surface area contributed by atoms with E-state index in [1.54, 1.807) is 19.1 Å². The van der Waals surface area contributed by atoms with Gasteiger partial charge in [-0.3, -0.25) is 19.9 Å². The molecule has 2 rings (SSSR count). The van der Waals surface area contributed by atoms with Gasteiger partial charge >= 0.3 is 0 Å². The largest absolute Gasteiger partial charge is 0.332 e. The Morgan fingerprint density at radius 3 is 2.61 bits per heavy atom. The van der Waals surface area contributed by atoms with E-state index in [1.165, 1.54) is 12.1 Å². The molecule has 2 N–H and O–H groups in total. The third kappa shape index (κ3) is 2.35. The Kier molecular flexibility index (Phi) is 3.07. The van der Waals surface area contributed by atoms with Gasteiger partial charge in [0, 0.05) is 23.3 Å². The predicted octanol–water partition coefficient (Wildman–Crippen LogP) is 2.32. The van der Waals surface area contributed by atoms with Crippen molar-refractivity contribution in [1.82, 2.24) is 9.97 Å². The van der Waals surface area contributed by atoms with Crippen molar-refractivity contribution in [3.63, 3.8) is 0 Å². The van der Waals surface area contributed by atoms with Crippen LogP contribution in [0.15, 0.2) is 29.1 Å². The molecule has 7 heteroatoms. The number of rotatable bonds is 2. The fourth-order valence-corrected chi connectivity index (χ4v) is 1.81. The highest BCUT2D eigenvalue weighted by Gasteiger charge is 2.12. The van der Waals surface area contributed by atoms with E-state index >= 15 is 0 Å². The van der Waals surface area contributed by atoms with Gasteiger partial charge in [-0.05, 0) is 19.1 Å². The third-order valence-electron chi connectivity index (χ3n) is 2.48. The molecule has 0 radical (unpaired) electrons. The van der Waals surface area contributed by atoms with Crippen LogP contribution in [-0.2, 0) is 0 Å². The highest BCUT2D eigenvalue weighted by atomic mass is 32.1. The summed E-state index contributed by atoms with van der Waals surface area (Å²) in [6.45, 7) is 1.65. The number of nitrogens with zero attached hydrogens (tertiary/aromatic N) is 1. The Labute approximate surface area is 106 Å². The molecule has 6 nitrogen and oxygen atoms in total. The maximum absolute atomic E-state index is 11.3. The standard InChI is InChI=1S/C11H9N3O3S/c1-6-2-3-7(4-9(6)14(16)17)8-5-10(15)13-11(18)12-8/h2-5H,1H3,(H2,12,13,15,18). The Bertz CT molecular complexity index is 705. The van der Waals surface area contributed by atoms with Crippen LogP contribution in [0.2, 0.25) is 0 Å². The Morgan fingerprint density at radius 2 is 2.00 bits per heavy atom. The maximum atomic E-state index is 11.3. The highest BCUT2D eigenvalue weighted by Crippen LogP contribution is 2.24. The van der Waals surface area contributed by atoms with Crippen molar-refractivity contribution in [3.8, 4) is 11.3 Å². The molecule has 0 spiro atoms. The molecule has 0 aliphatic carbocycles. The van der Waals surface area contributed by atoms with Gasteiger partial charge in [0.15, 0.2) is 4.77 Å². The zero-order valence-corrected chi connectivity index (χ0v) is 10.2. The molecular formula is C11H9N3O3S. The number of aromatic nitrogens is 2. The SMILES string of the molecule is Cc1ccc(-c2cc(=O)[nH]c(=S)[nH]2)cc1[N+](=O)[O-]. The molecule has 18 heavy (non-hydrogen) atoms. The normalized spacial score (nSPS) is 10.3. The number of nitrogens with one attached hydrogen (secondary N) is 2. The zero-order chi connectivity index (χ0) is 13.3. The molecule has 0 amide bonds. The highest BCUT2D eigenvalue weighted by molar-refractivity contribution is 7.71. The lowest BCUT2D eigenvalue weighted by Crippen LogP contribution is -2.06. The van der Waals surface area contributed by atoms with Crippen LogP contribution in [0, 0.1) is 21.8 Å². The topological polar surface area (TPSA) is 91.8 Å². The lowest BCUT2D eigenvalue weighted by molar-refractivity contribution is -0.385. The van der Waals surface area contributed by atoms with E-state index < -0.39 is 4.92 Å². The minimum Gasteiger partial charge on any atom is -0.332 e. The second kappa shape index (κ2) is 4.53. The number of nitro benzene ring substituents is 1. The third-order valence-corrected chi connectivity index (χ3v) is 2.68. The summed E-state index contributed by atoms with van der Waals surface area (Å²) < 4.78 is 0.181. The van der Waals surface area contributed by atoms with Gasteiger partial charge in [-0.25, -0.2) is 0 Å². The summed E-state index contributed by atoms with van der Waals surface area (Å²) in [5.74, 6) is 0. The quantitative estimate of drug-likeness (QED) is 0.494. The average Bonchev–Trinajstić information content (AvgIpc) is 2.27. The Hall–Kier alpha value is -2.28. The van der Waals surface area contributed by atoms with Gasteiger partial charge in [-0.2, -0.15) is 0 Å². The summed E-state index contributed by atoms with van der Waals surface area (Å²) in [4.78, 5) is 26.9. The van der Waals surface area contributed by atoms with Gasteiger partial charge in [-0.15, -0.1) is 0 Å². The van der Waals surface area contributed by atoms with Crippen LogP contribution in [-0.4, -0.2) is 14.9 Å². The van der Waals surface area contributed by atoms with Crippen LogP contribution >= 0.6 is 12.2 Å². The van der Waals surface area contributed by atoms with E-state index in [4.69, 9.17) is 12.2 Å². The molecular weight excluding hydrogens is 254 g/mol. The Balaban J connectivity index is 2.64. The second-order valence-corrected chi connectivity index (χ2v) is 4.17. The first-order valence-corrected chi connectivity index (χ1v) is 5.47. The van der Waals surface area contributed by atoms with Crippen molar-refractivity contribution >= 4 is 17.9 Å². The van der Waals surface area contributed by atoms with Crippen molar-refractivity contribution in [2.75, 3.05) is 0 Å². The van der Waals surface area contributed by atoms with Gasteiger partial charge in [0.25, 0.3) is 11.2 Å². The van der Waals surface area contributed by atoms with E-state index in [0.717, 1.165) is 0 Å². The first-order valence-electron chi connectivity index (χ1n) is 5.06. The molecule has 1 aromatic carbocycles. The summed E-state index contributed by atoms with van der Waals surface area (Å²) in [5, 5.41) is 10.8. The molecule has 0 atom stereocenters.